The summed E-state index contributed by atoms with van der Waals surface area (Å²) in [6.45, 7) is 6.81. The highest BCUT2D eigenvalue weighted by Crippen LogP contribution is 2.34. The highest BCUT2D eigenvalue weighted by Gasteiger charge is 2.36. The summed E-state index contributed by atoms with van der Waals surface area (Å²) in [7, 11) is 0. The number of carboxylic acid groups (broad SMARTS) is 1. The zero-order valence-corrected chi connectivity index (χ0v) is 10.9. The van der Waals surface area contributed by atoms with Crippen LogP contribution in [0.5, 0.6) is 0 Å². The molecule has 2 atom stereocenters. The summed E-state index contributed by atoms with van der Waals surface area (Å²) in [6.07, 6.45) is 2.35. The van der Waals surface area contributed by atoms with Crippen molar-refractivity contribution in [3.05, 3.63) is 0 Å². The van der Waals surface area contributed by atoms with Crippen molar-refractivity contribution in [2.24, 2.45) is 11.3 Å². The van der Waals surface area contributed by atoms with Gasteiger partial charge >= 0.3 is 6.09 Å². The Labute approximate surface area is 103 Å². The number of hydrogen-bond donors (Lipinski definition) is 1. The summed E-state index contributed by atoms with van der Waals surface area (Å²) in [4.78, 5) is 12.9. The Bertz CT molecular complexity index is 314. The number of nitrogens with zero attached hydrogens (tertiary/aromatic N) is 2. The van der Waals surface area contributed by atoms with Crippen LogP contribution in [0.1, 0.15) is 46.5 Å². The van der Waals surface area contributed by atoms with E-state index in [1.165, 1.54) is 0 Å². The Hall–Kier alpha value is -1.24. The molecule has 96 valence electrons. The lowest BCUT2D eigenvalue weighted by atomic mass is 9.80. The van der Waals surface area contributed by atoms with E-state index >= 15 is 0 Å². The third kappa shape index (κ3) is 3.62. The number of nitriles is 1. The van der Waals surface area contributed by atoms with Crippen LogP contribution in [0.15, 0.2) is 0 Å². The molecule has 1 heterocycles. The fraction of sp³-hybridized carbons (Fsp3) is 0.846. The first-order valence-corrected chi connectivity index (χ1v) is 6.22. The Morgan fingerprint density at radius 3 is 2.65 bits per heavy atom. The van der Waals surface area contributed by atoms with Gasteiger partial charge in [0, 0.05) is 19.0 Å². The van der Waals surface area contributed by atoms with E-state index in [2.05, 4.69) is 26.8 Å². The van der Waals surface area contributed by atoms with Gasteiger partial charge in [-0.3, -0.25) is 0 Å². The van der Waals surface area contributed by atoms with Crippen molar-refractivity contribution in [3.63, 3.8) is 0 Å². The molecule has 0 aromatic rings. The molecule has 1 N–H and O–H groups in total. The molecular formula is C13H22N2O2. The molecule has 2 unspecified atom stereocenters. The van der Waals surface area contributed by atoms with Crippen molar-refractivity contribution >= 4 is 6.09 Å². The molecular weight excluding hydrogens is 216 g/mol. The smallest absolute Gasteiger partial charge is 0.407 e. The van der Waals surface area contributed by atoms with Gasteiger partial charge in [-0.05, 0) is 30.6 Å². The van der Waals surface area contributed by atoms with Crippen LogP contribution in [0.3, 0.4) is 0 Å². The third-order valence-electron chi connectivity index (χ3n) is 3.57. The molecule has 1 aliphatic heterocycles. The summed E-state index contributed by atoms with van der Waals surface area (Å²) < 4.78 is 0. The average Bonchev–Trinajstić information content (AvgIpc) is 2.40. The van der Waals surface area contributed by atoms with Crippen LogP contribution in [0.4, 0.5) is 4.79 Å². The first-order chi connectivity index (χ1) is 7.86. The SMILES string of the molecule is CC(C)(C)C1CC(CC#N)CCCN1C(=O)O. The summed E-state index contributed by atoms with van der Waals surface area (Å²) in [6, 6.07) is 2.23. The second kappa shape index (κ2) is 5.39. The van der Waals surface area contributed by atoms with E-state index in [0.717, 1.165) is 19.3 Å². The summed E-state index contributed by atoms with van der Waals surface area (Å²) in [5.41, 5.74) is -0.0730. The standard InChI is InChI=1S/C13H22N2O2/c1-13(2,3)11-9-10(6-7-14)5-4-8-15(11)12(16)17/h10-11H,4-6,8-9H2,1-3H3,(H,16,17). The van der Waals surface area contributed by atoms with E-state index in [1.807, 2.05) is 0 Å². The molecule has 0 aromatic heterocycles. The maximum Gasteiger partial charge on any atom is 0.407 e. The van der Waals surface area contributed by atoms with Crippen molar-refractivity contribution in [3.8, 4) is 6.07 Å². The summed E-state index contributed by atoms with van der Waals surface area (Å²) in [5, 5.41) is 18.1. The molecule has 0 radical (unpaired) electrons. The molecule has 1 rings (SSSR count). The minimum absolute atomic E-state index is 0.0147. The average molecular weight is 238 g/mol. The van der Waals surface area contributed by atoms with E-state index in [-0.39, 0.29) is 11.5 Å². The van der Waals surface area contributed by atoms with Gasteiger partial charge in [-0.1, -0.05) is 20.8 Å². The lowest BCUT2D eigenvalue weighted by molar-refractivity contribution is 0.0792. The predicted octanol–water partition coefficient (Wildman–Crippen LogP) is 3.09. The molecule has 0 bridgehead atoms. The fourth-order valence-electron chi connectivity index (χ4n) is 2.63. The van der Waals surface area contributed by atoms with Crippen LogP contribution in [0.25, 0.3) is 0 Å². The van der Waals surface area contributed by atoms with E-state index in [4.69, 9.17) is 5.26 Å². The molecule has 1 fully saturated rings. The molecule has 1 amide bonds. The van der Waals surface area contributed by atoms with Crippen LogP contribution in [-0.2, 0) is 0 Å². The summed E-state index contributed by atoms with van der Waals surface area (Å²) in [5.74, 6) is 0.341. The van der Waals surface area contributed by atoms with Crippen molar-refractivity contribution in [1.29, 1.82) is 5.26 Å². The molecule has 17 heavy (non-hydrogen) atoms. The maximum absolute atomic E-state index is 11.3. The lowest BCUT2D eigenvalue weighted by Crippen LogP contribution is -2.46. The van der Waals surface area contributed by atoms with Crippen molar-refractivity contribution in [1.82, 2.24) is 4.90 Å². The van der Waals surface area contributed by atoms with Gasteiger partial charge in [0.05, 0.1) is 6.07 Å². The van der Waals surface area contributed by atoms with Gasteiger partial charge in [-0.2, -0.15) is 5.26 Å². The Morgan fingerprint density at radius 2 is 2.18 bits per heavy atom. The van der Waals surface area contributed by atoms with Gasteiger partial charge in [0.25, 0.3) is 0 Å². The number of rotatable bonds is 1. The zero-order valence-electron chi connectivity index (χ0n) is 10.9. The van der Waals surface area contributed by atoms with Crippen LogP contribution in [-0.4, -0.2) is 28.7 Å². The quantitative estimate of drug-likeness (QED) is 0.763. The summed E-state index contributed by atoms with van der Waals surface area (Å²) >= 11 is 0. The molecule has 1 aliphatic rings. The second-order valence-electron chi connectivity index (χ2n) is 5.96. The van der Waals surface area contributed by atoms with Gasteiger partial charge in [0.2, 0.25) is 0 Å². The van der Waals surface area contributed by atoms with Crippen molar-refractivity contribution in [2.75, 3.05) is 6.54 Å². The number of carbonyl (C=O) groups is 1. The lowest BCUT2D eigenvalue weighted by Gasteiger charge is -2.38. The van der Waals surface area contributed by atoms with E-state index < -0.39 is 6.09 Å². The van der Waals surface area contributed by atoms with Gasteiger partial charge in [0.1, 0.15) is 0 Å². The highest BCUT2D eigenvalue weighted by atomic mass is 16.4. The highest BCUT2D eigenvalue weighted by molar-refractivity contribution is 5.65. The molecule has 0 spiro atoms. The van der Waals surface area contributed by atoms with Gasteiger partial charge in [-0.15, -0.1) is 0 Å². The number of likely N-dealkylation sites (tertiary alicyclic amines) is 1. The maximum atomic E-state index is 11.3. The molecule has 1 saturated heterocycles. The Balaban J connectivity index is 2.88. The topological polar surface area (TPSA) is 64.3 Å². The fourth-order valence-corrected chi connectivity index (χ4v) is 2.63. The van der Waals surface area contributed by atoms with E-state index in [9.17, 15) is 9.90 Å². The first kappa shape index (κ1) is 13.8. The minimum Gasteiger partial charge on any atom is -0.465 e. The first-order valence-electron chi connectivity index (χ1n) is 6.22. The van der Waals surface area contributed by atoms with Crippen LogP contribution >= 0.6 is 0 Å². The second-order valence-corrected chi connectivity index (χ2v) is 5.96. The normalized spacial score (nSPS) is 26.1. The van der Waals surface area contributed by atoms with E-state index in [0.29, 0.717) is 18.9 Å². The van der Waals surface area contributed by atoms with Crippen molar-refractivity contribution in [2.45, 2.75) is 52.5 Å². The number of amides is 1. The molecule has 0 aromatic carbocycles. The zero-order chi connectivity index (χ0) is 13.1. The van der Waals surface area contributed by atoms with Gasteiger partial charge < -0.3 is 10.0 Å². The third-order valence-corrected chi connectivity index (χ3v) is 3.57. The van der Waals surface area contributed by atoms with Crippen LogP contribution in [0, 0.1) is 22.7 Å². The minimum atomic E-state index is -0.831. The molecule has 4 heteroatoms. The van der Waals surface area contributed by atoms with Crippen LogP contribution < -0.4 is 0 Å². The largest absolute Gasteiger partial charge is 0.465 e. The van der Waals surface area contributed by atoms with Crippen molar-refractivity contribution < 1.29 is 9.90 Å². The number of hydrogen-bond acceptors (Lipinski definition) is 2. The van der Waals surface area contributed by atoms with Crippen LogP contribution in [0.2, 0.25) is 0 Å². The van der Waals surface area contributed by atoms with E-state index in [1.54, 1.807) is 4.90 Å². The molecule has 0 saturated carbocycles. The predicted molar refractivity (Wildman–Crippen MR) is 65.5 cm³/mol. The molecule has 4 nitrogen and oxygen atoms in total. The van der Waals surface area contributed by atoms with Gasteiger partial charge in [0.15, 0.2) is 0 Å². The monoisotopic (exact) mass is 238 g/mol. The Morgan fingerprint density at radius 1 is 1.53 bits per heavy atom. The molecule has 0 aliphatic carbocycles. The Kier molecular flexibility index (Phi) is 4.39. The van der Waals surface area contributed by atoms with Gasteiger partial charge in [-0.25, -0.2) is 4.79 Å².